The monoisotopic (exact) mass is 428 g/mol. The van der Waals surface area contributed by atoms with Crippen LogP contribution >= 0.6 is 0 Å². The Kier molecular flexibility index (Phi) is 5.39. The number of nitrogens with one attached hydrogen (secondary N) is 2. The Hall–Kier alpha value is -2.54. The van der Waals surface area contributed by atoms with Crippen LogP contribution in [0.5, 0.6) is 0 Å². The fourth-order valence-electron chi connectivity index (χ4n) is 3.38. The molecular formula is C23H32N4O2S. The number of aromatic amines is 1. The highest BCUT2D eigenvalue weighted by Gasteiger charge is 2.29. The molecule has 6 nitrogen and oxygen atoms in total. The first-order chi connectivity index (χ1) is 13.7. The number of anilines is 2. The Morgan fingerprint density at radius 2 is 1.63 bits per heavy atom. The molecule has 1 heterocycles. The van der Waals surface area contributed by atoms with E-state index in [0.717, 1.165) is 22.4 Å². The maximum Gasteiger partial charge on any atom is 0.264 e. The summed E-state index contributed by atoms with van der Waals surface area (Å²) in [5, 5.41) is 0. The average molecular weight is 429 g/mol. The number of H-pyrrole nitrogens is 1. The summed E-state index contributed by atoms with van der Waals surface area (Å²) in [6.07, 6.45) is 0. The van der Waals surface area contributed by atoms with Gasteiger partial charge < -0.3 is 9.88 Å². The second kappa shape index (κ2) is 7.30. The molecule has 0 saturated heterocycles. The normalized spacial score (nSPS) is 12.9. The standard InChI is InChI=1S/C23H32N4O2S/c1-22(2,3)16-10-9-11-19(27(7)8)20(16)30(28,29)26-15-12-13-17-18(14-15)25-21(24-17)23(4,5)6/h9-14,26H,1-8H3,(H,24,25). The minimum atomic E-state index is -3.82. The van der Waals surface area contributed by atoms with Crippen LogP contribution in [-0.2, 0) is 20.9 Å². The predicted molar refractivity (Wildman–Crippen MR) is 125 cm³/mol. The second-order valence-corrected chi connectivity index (χ2v) is 11.6. The molecule has 2 aromatic carbocycles. The number of hydrogen-bond donors (Lipinski definition) is 2. The summed E-state index contributed by atoms with van der Waals surface area (Å²) in [7, 11) is -0.119. The highest BCUT2D eigenvalue weighted by Crippen LogP contribution is 2.36. The number of rotatable bonds is 4. The van der Waals surface area contributed by atoms with Crippen molar-refractivity contribution >= 4 is 32.4 Å². The van der Waals surface area contributed by atoms with Gasteiger partial charge in [-0.05, 0) is 35.2 Å². The molecule has 30 heavy (non-hydrogen) atoms. The van der Waals surface area contributed by atoms with Crippen LogP contribution < -0.4 is 9.62 Å². The largest absolute Gasteiger partial charge is 0.377 e. The van der Waals surface area contributed by atoms with Gasteiger partial charge in [0.1, 0.15) is 10.7 Å². The molecule has 0 saturated carbocycles. The first kappa shape index (κ1) is 22.2. The van der Waals surface area contributed by atoms with Gasteiger partial charge in [-0.25, -0.2) is 13.4 Å². The number of sulfonamides is 1. The van der Waals surface area contributed by atoms with E-state index in [9.17, 15) is 8.42 Å². The predicted octanol–water partition coefficient (Wildman–Crippen LogP) is 5.02. The van der Waals surface area contributed by atoms with E-state index in [4.69, 9.17) is 0 Å². The van der Waals surface area contributed by atoms with Gasteiger partial charge in [-0.15, -0.1) is 0 Å². The maximum absolute atomic E-state index is 13.5. The van der Waals surface area contributed by atoms with Crippen molar-refractivity contribution in [2.75, 3.05) is 23.7 Å². The fraction of sp³-hybridized carbons (Fsp3) is 0.435. The Labute approximate surface area is 179 Å². The zero-order valence-electron chi connectivity index (χ0n) is 19.1. The Morgan fingerprint density at radius 3 is 2.20 bits per heavy atom. The molecule has 0 aliphatic rings. The summed E-state index contributed by atoms with van der Waals surface area (Å²) >= 11 is 0. The lowest BCUT2D eigenvalue weighted by Gasteiger charge is -2.27. The van der Waals surface area contributed by atoms with Gasteiger partial charge in [-0.1, -0.05) is 53.7 Å². The lowest BCUT2D eigenvalue weighted by molar-refractivity contribution is 0.554. The molecule has 2 N–H and O–H groups in total. The lowest BCUT2D eigenvalue weighted by Crippen LogP contribution is -2.24. The van der Waals surface area contributed by atoms with E-state index in [1.54, 1.807) is 12.1 Å². The number of hydrogen-bond acceptors (Lipinski definition) is 4. The second-order valence-electron chi connectivity index (χ2n) is 9.97. The molecule has 0 radical (unpaired) electrons. The molecule has 0 bridgehead atoms. The van der Waals surface area contributed by atoms with Crippen LogP contribution in [0.4, 0.5) is 11.4 Å². The van der Waals surface area contributed by atoms with Gasteiger partial charge in [0.15, 0.2) is 0 Å². The molecule has 162 valence electrons. The Bertz CT molecular complexity index is 1180. The van der Waals surface area contributed by atoms with Gasteiger partial charge in [-0.3, -0.25) is 4.72 Å². The number of imidazole rings is 1. The third-order valence-electron chi connectivity index (χ3n) is 5.00. The molecule has 0 unspecified atom stereocenters. The molecule has 0 amide bonds. The molecule has 3 rings (SSSR count). The summed E-state index contributed by atoms with van der Waals surface area (Å²) in [5.41, 5.74) is 3.09. The summed E-state index contributed by atoms with van der Waals surface area (Å²) in [6.45, 7) is 12.3. The molecular weight excluding hydrogens is 396 g/mol. The van der Waals surface area contributed by atoms with Crippen molar-refractivity contribution in [2.45, 2.75) is 57.3 Å². The van der Waals surface area contributed by atoms with Crippen molar-refractivity contribution in [2.24, 2.45) is 0 Å². The lowest BCUT2D eigenvalue weighted by atomic mass is 9.86. The first-order valence-electron chi connectivity index (χ1n) is 10.0. The maximum atomic E-state index is 13.5. The molecule has 3 aromatic rings. The Balaban J connectivity index is 2.09. The topological polar surface area (TPSA) is 78.1 Å². The highest BCUT2D eigenvalue weighted by atomic mass is 32.2. The van der Waals surface area contributed by atoms with E-state index < -0.39 is 10.0 Å². The van der Waals surface area contributed by atoms with Gasteiger partial charge in [0.25, 0.3) is 10.0 Å². The van der Waals surface area contributed by atoms with Crippen LogP contribution in [0.3, 0.4) is 0 Å². The summed E-state index contributed by atoms with van der Waals surface area (Å²) in [5.74, 6) is 0.866. The van der Waals surface area contributed by atoms with Crippen LogP contribution in [0.1, 0.15) is 52.9 Å². The third-order valence-corrected chi connectivity index (χ3v) is 6.47. The summed E-state index contributed by atoms with van der Waals surface area (Å²) in [4.78, 5) is 10.1. The van der Waals surface area contributed by atoms with Crippen LogP contribution in [0.25, 0.3) is 11.0 Å². The number of aromatic nitrogens is 2. The van der Waals surface area contributed by atoms with Crippen LogP contribution in [-0.4, -0.2) is 32.5 Å². The third kappa shape index (κ3) is 4.31. The van der Waals surface area contributed by atoms with Crippen LogP contribution in [0, 0.1) is 0 Å². The van der Waals surface area contributed by atoms with Gasteiger partial charge >= 0.3 is 0 Å². The van der Waals surface area contributed by atoms with Gasteiger partial charge in [0, 0.05) is 19.5 Å². The number of benzene rings is 2. The van der Waals surface area contributed by atoms with Gasteiger partial charge in [0.2, 0.25) is 0 Å². The first-order valence-corrected chi connectivity index (χ1v) is 11.5. The van der Waals surface area contributed by atoms with E-state index in [1.165, 1.54) is 0 Å². The van der Waals surface area contributed by atoms with Crippen LogP contribution in [0.2, 0.25) is 0 Å². The highest BCUT2D eigenvalue weighted by molar-refractivity contribution is 7.93. The zero-order chi connectivity index (χ0) is 22.5. The van der Waals surface area contributed by atoms with Crippen molar-refractivity contribution in [3.05, 3.63) is 47.8 Å². The van der Waals surface area contributed by atoms with E-state index >= 15 is 0 Å². The van der Waals surface area contributed by atoms with Crippen molar-refractivity contribution in [3.8, 4) is 0 Å². The number of fused-ring (bicyclic) bond motifs is 1. The molecule has 0 aliphatic carbocycles. The van der Waals surface area contributed by atoms with Crippen molar-refractivity contribution in [1.82, 2.24) is 9.97 Å². The fourth-order valence-corrected chi connectivity index (χ4v) is 5.11. The molecule has 7 heteroatoms. The quantitative estimate of drug-likeness (QED) is 0.611. The number of nitrogens with zero attached hydrogens (tertiary/aromatic N) is 2. The summed E-state index contributed by atoms with van der Waals surface area (Å²) < 4.78 is 29.8. The minimum absolute atomic E-state index is 0.120. The van der Waals surface area contributed by atoms with E-state index in [1.807, 2.05) is 64.0 Å². The average Bonchev–Trinajstić information content (AvgIpc) is 3.03. The summed E-state index contributed by atoms with van der Waals surface area (Å²) in [6, 6.07) is 11.0. The zero-order valence-corrected chi connectivity index (χ0v) is 19.9. The molecule has 0 aliphatic heterocycles. The van der Waals surface area contributed by atoms with Crippen molar-refractivity contribution < 1.29 is 8.42 Å². The van der Waals surface area contributed by atoms with Crippen LogP contribution in [0.15, 0.2) is 41.3 Å². The minimum Gasteiger partial charge on any atom is -0.377 e. The Morgan fingerprint density at radius 1 is 0.967 bits per heavy atom. The van der Waals surface area contributed by atoms with Crippen molar-refractivity contribution in [3.63, 3.8) is 0 Å². The van der Waals surface area contributed by atoms with Crippen molar-refractivity contribution in [1.29, 1.82) is 0 Å². The van der Waals surface area contributed by atoms with E-state index in [0.29, 0.717) is 16.3 Å². The molecule has 0 atom stereocenters. The molecule has 1 aromatic heterocycles. The van der Waals surface area contributed by atoms with E-state index in [2.05, 4.69) is 35.5 Å². The van der Waals surface area contributed by atoms with E-state index in [-0.39, 0.29) is 10.8 Å². The van der Waals surface area contributed by atoms with Gasteiger partial charge in [0.05, 0.1) is 22.4 Å². The molecule has 0 spiro atoms. The molecule has 0 fully saturated rings. The van der Waals surface area contributed by atoms with Gasteiger partial charge in [-0.2, -0.15) is 0 Å². The smallest absolute Gasteiger partial charge is 0.264 e. The SMILES string of the molecule is CN(C)c1cccc(C(C)(C)C)c1S(=O)(=O)Nc1ccc2[nH]c(C(C)(C)C)nc2c1.